The van der Waals surface area contributed by atoms with Crippen molar-refractivity contribution in [3.63, 3.8) is 0 Å². The van der Waals surface area contributed by atoms with E-state index in [0.717, 1.165) is 25.2 Å². The van der Waals surface area contributed by atoms with E-state index < -0.39 is 10.0 Å². The first-order valence-electron chi connectivity index (χ1n) is 6.73. The van der Waals surface area contributed by atoms with E-state index >= 15 is 0 Å². The Kier molecular flexibility index (Phi) is 6.00. The highest BCUT2D eigenvalue weighted by Crippen LogP contribution is 2.22. The van der Waals surface area contributed by atoms with Crippen LogP contribution in [0.3, 0.4) is 0 Å². The van der Waals surface area contributed by atoms with Gasteiger partial charge in [0, 0.05) is 25.8 Å². The van der Waals surface area contributed by atoms with Crippen molar-refractivity contribution in [2.75, 3.05) is 19.6 Å². The van der Waals surface area contributed by atoms with Crippen LogP contribution >= 0.6 is 12.4 Å². The first-order chi connectivity index (χ1) is 8.98. The van der Waals surface area contributed by atoms with Gasteiger partial charge in [0.25, 0.3) is 10.0 Å². The Morgan fingerprint density at radius 1 is 1.50 bits per heavy atom. The second-order valence-electron chi connectivity index (χ2n) is 5.02. The minimum atomic E-state index is -3.47. The zero-order valence-corrected chi connectivity index (χ0v) is 13.6. The summed E-state index contributed by atoms with van der Waals surface area (Å²) in [5.41, 5.74) is 5.66. The van der Waals surface area contributed by atoms with Crippen LogP contribution in [0.5, 0.6) is 0 Å². The Morgan fingerprint density at radius 2 is 2.20 bits per heavy atom. The molecule has 2 rings (SSSR count). The van der Waals surface area contributed by atoms with Crippen molar-refractivity contribution >= 4 is 22.4 Å². The van der Waals surface area contributed by atoms with Crippen molar-refractivity contribution in [1.82, 2.24) is 13.9 Å². The number of hydrogen-bond acceptors (Lipinski definition) is 4. The molecular formula is C12H23ClN4O2S. The van der Waals surface area contributed by atoms with E-state index in [-0.39, 0.29) is 23.4 Å². The Bertz CT molecular complexity index is 544. The second-order valence-corrected chi connectivity index (χ2v) is 6.90. The molecular weight excluding hydrogens is 300 g/mol. The zero-order valence-electron chi connectivity index (χ0n) is 11.9. The lowest BCUT2D eigenvalue weighted by Crippen LogP contribution is -2.42. The molecule has 0 aliphatic carbocycles. The summed E-state index contributed by atoms with van der Waals surface area (Å²) < 4.78 is 28.4. The SMILES string of the molecule is CCn1cc(S(=O)(=O)N2CCCC(CN)C2)nc1C.Cl. The standard InChI is InChI=1S/C12H22N4O2S.ClH/c1-3-15-9-12(14-10(15)2)19(17,18)16-6-4-5-11(7-13)8-16;/h9,11H,3-8,13H2,1-2H3;1H. The second kappa shape index (κ2) is 6.89. The van der Waals surface area contributed by atoms with Gasteiger partial charge in [-0.1, -0.05) is 0 Å². The lowest BCUT2D eigenvalue weighted by atomic mass is 10.0. The van der Waals surface area contributed by atoms with Crippen molar-refractivity contribution in [1.29, 1.82) is 0 Å². The number of piperidine rings is 1. The predicted octanol–water partition coefficient (Wildman–Crippen LogP) is 0.993. The Morgan fingerprint density at radius 3 is 2.75 bits per heavy atom. The molecule has 20 heavy (non-hydrogen) atoms. The summed E-state index contributed by atoms with van der Waals surface area (Å²) in [6.07, 6.45) is 3.50. The average molecular weight is 323 g/mol. The Labute approximate surface area is 126 Å². The van der Waals surface area contributed by atoms with E-state index in [1.54, 1.807) is 6.20 Å². The van der Waals surface area contributed by atoms with Crippen LogP contribution in [0.25, 0.3) is 0 Å². The van der Waals surface area contributed by atoms with Crippen LogP contribution in [0.2, 0.25) is 0 Å². The maximum atomic E-state index is 12.5. The first kappa shape index (κ1) is 17.4. The molecule has 1 saturated heterocycles. The van der Waals surface area contributed by atoms with Gasteiger partial charge in [-0.05, 0) is 39.2 Å². The summed E-state index contributed by atoms with van der Waals surface area (Å²) in [5.74, 6) is 0.992. The van der Waals surface area contributed by atoms with Gasteiger partial charge in [-0.2, -0.15) is 4.31 Å². The number of hydrogen-bond donors (Lipinski definition) is 1. The van der Waals surface area contributed by atoms with E-state index in [0.29, 0.717) is 19.6 Å². The van der Waals surface area contributed by atoms with Crippen LogP contribution in [-0.4, -0.2) is 41.9 Å². The number of imidazole rings is 1. The average Bonchev–Trinajstić information content (AvgIpc) is 2.80. The molecule has 0 saturated carbocycles. The molecule has 0 aromatic carbocycles. The molecule has 6 nitrogen and oxygen atoms in total. The molecule has 1 aromatic rings. The molecule has 1 unspecified atom stereocenters. The third-order valence-corrected chi connectivity index (χ3v) is 5.45. The highest BCUT2D eigenvalue weighted by atomic mass is 35.5. The smallest absolute Gasteiger partial charge is 0.262 e. The number of nitrogens with two attached hydrogens (primary N) is 1. The summed E-state index contributed by atoms with van der Waals surface area (Å²) in [4.78, 5) is 4.18. The molecule has 116 valence electrons. The van der Waals surface area contributed by atoms with Gasteiger partial charge in [-0.15, -0.1) is 12.4 Å². The number of halogens is 1. The van der Waals surface area contributed by atoms with Gasteiger partial charge >= 0.3 is 0 Å². The van der Waals surface area contributed by atoms with Crippen molar-refractivity contribution < 1.29 is 8.42 Å². The third kappa shape index (κ3) is 3.33. The highest BCUT2D eigenvalue weighted by molar-refractivity contribution is 7.89. The normalized spacial score (nSPS) is 20.6. The maximum absolute atomic E-state index is 12.5. The predicted molar refractivity (Wildman–Crippen MR) is 80.4 cm³/mol. The quantitative estimate of drug-likeness (QED) is 0.896. The number of aromatic nitrogens is 2. The van der Waals surface area contributed by atoms with Gasteiger partial charge in [0.15, 0.2) is 5.03 Å². The monoisotopic (exact) mass is 322 g/mol. The fourth-order valence-electron chi connectivity index (χ4n) is 2.49. The third-order valence-electron chi connectivity index (χ3n) is 3.71. The number of sulfonamides is 1. The molecule has 1 aliphatic rings. The summed E-state index contributed by atoms with van der Waals surface area (Å²) in [6, 6.07) is 0. The fourth-order valence-corrected chi connectivity index (χ4v) is 4.04. The van der Waals surface area contributed by atoms with Crippen LogP contribution in [-0.2, 0) is 16.6 Å². The van der Waals surface area contributed by atoms with Gasteiger partial charge in [0.2, 0.25) is 0 Å². The molecule has 1 atom stereocenters. The van der Waals surface area contributed by atoms with Gasteiger partial charge in [0.1, 0.15) is 5.82 Å². The summed E-state index contributed by atoms with van der Waals surface area (Å²) in [5, 5.41) is 0.157. The largest absolute Gasteiger partial charge is 0.334 e. The van der Waals surface area contributed by atoms with Crippen molar-refractivity contribution in [2.24, 2.45) is 11.7 Å². The Hall–Kier alpha value is -0.630. The number of nitrogens with zero attached hydrogens (tertiary/aromatic N) is 3. The molecule has 1 fully saturated rings. The van der Waals surface area contributed by atoms with E-state index in [1.807, 2.05) is 18.4 Å². The summed E-state index contributed by atoms with van der Waals surface area (Å²) in [6.45, 7) is 6.12. The van der Waals surface area contributed by atoms with Crippen molar-refractivity contribution in [2.45, 2.75) is 38.3 Å². The summed E-state index contributed by atoms with van der Waals surface area (Å²) >= 11 is 0. The molecule has 0 bridgehead atoms. The molecule has 0 spiro atoms. The molecule has 2 heterocycles. The summed E-state index contributed by atoms with van der Waals surface area (Å²) in [7, 11) is -3.47. The molecule has 8 heteroatoms. The molecule has 2 N–H and O–H groups in total. The molecule has 0 radical (unpaired) electrons. The van der Waals surface area contributed by atoms with Crippen LogP contribution in [0.1, 0.15) is 25.6 Å². The van der Waals surface area contributed by atoms with Gasteiger partial charge in [-0.25, -0.2) is 13.4 Å². The van der Waals surface area contributed by atoms with Crippen LogP contribution < -0.4 is 5.73 Å². The van der Waals surface area contributed by atoms with Gasteiger partial charge in [0.05, 0.1) is 0 Å². The van der Waals surface area contributed by atoms with E-state index in [9.17, 15) is 8.42 Å². The van der Waals surface area contributed by atoms with Crippen LogP contribution in [0.15, 0.2) is 11.2 Å². The van der Waals surface area contributed by atoms with E-state index in [4.69, 9.17) is 5.73 Å². The highest BCUT2D eigenvalue weighted by Gasteiger charge is 2.31. The molecule has 1 aliphatic heterocycles. The Balaban J connectivity index is 0.00000200. The zero-order chi connectivity index (χ0) is 14.0. The molecule has 1 aromatic heterocycles. The molecule has 0 amide bonds. The fraction of sp³-hybridized carbons (Fsp3) is 0.750. The lowest BCUT2D eigenvalue weighted by molar-refractivity contribution is 0.271. The van der Waals surface area contributed by atoms with Gasteiger partial charge < -0.3 is 10.3 Å². The van der Waals surface area contributed by atoms with Crippen molar-refractivity contribution in [3.05, 3.63) is 12.0 Å². The van der Waals surface area contributed by atoms with Crippen LogP contribution in [0, 0.1) is 12.8 Å². The number of rotatable bonds is 4. The van der Waals surface area contributed by atoms with E-state index in [1.165, 1.54) is 4.31 Å². The van der Waals surface area contributed by atoms with Crippen molar-refractivity contribution in [3.8, 4) is 0 Å². The van der Waals surface area contributed by atoms with Gasteiger partial charge in [-0.3, -0.25) is 0 Å². The lowest BCUT2D eigenvalue weighted by Gasteiger charge is -2.30. The first-order valence-corrected chi connectivity index (χ1v) is 8.17. The van der Waals surface area contributed by atoms with Crippen LogP contribution in [0.4, 0.5) is 0 Å². The maximum Gasteiger partial charge on any atom is 0.262 e. The minimum absolute atomic E-state index is 0. The number of aryl methyl sites for hydroxylation is 2. The minimum Gasteiger partial charge on any atom is -0.334 e. The van der Waals surface area contributed by atoms with E-state index in [2.05, 4.69) is 4.98 Å². The topological polar surface area (TPSA) is 81.2 Å².